The molecule has 6 heteroatoms. The molecule has 136 valence electrons. The van der Waals surface area contributed by atoms with Crippen LogP contribution in [0, 0.1) is 13.8 Å². The molecule has 6 nitrogen and oxygen atoms in total. The van der Waals surface area contributed by atoms with E-state index in [9.17, 15) is 0 Å². The highest BCUT2D eigenvalue weighted by molar-refractivity contribution is 5.34. The van der Waals surface area contributed by atoms with Gasteiger partial charge in [0.1, 0.15) is 5.82 Å². The van der Waals surface area contributed by atoms with E-state index in [0.29, 0.717) is 6.04 Å². The molecule has 4 heterocycles. The topological polar surface area (TPSA) is 62.1 Å². The minimum Gasteiger partial charge on any atom is -0.344 e. The van der Waals surface area contributed by atoms with E-state index in [4.69, 9.17) is 9.97 Å². The molecular weight excluding hydrogens is 324 g/mol. The molecular formula is C20H26N6. The summed E-state index contributed by atoms with van der Waals surface area (Å²) in [6.07, 6.45) is 9.39. The largest absolute Gasteiger partial charge is 0.344 e. The first-order valence-corrected chi connectivity index (χ1v) is 9.81. The highest BCUT2D eigenvalue weighted by atomic mass is 15.2. The van der Waals surface area contributed by atoms with Crippen molar-refractivity contribution >= 4 is 5.78 Å². The maximum Gasteiger partial charge on any atom is 0.234 e. The van der Waals surface area contributed by atoms with E-state index in [2.05, 4.69) is 38.5 Å². The van der Waals surface area contributed by atoms with Gasteiger partial charge in [-0.3, -0.25) is 9.30 Å². The summed E-state index contributed by atoms with van der Waals surface area (Å²) in [5, 5.41) is 0. The number of imidazole rings is 2. The van der Waals surface area contributed by atoms with Gasteiger partial charge < -0.3 is 4.98 Å². The van der Waals surface area contributed by atoms with Gasteiger partial charge in [-0.05, 0) is 65.0 Å². The number of hydrogen-bond acceptors (Lipinski definition) is 4. The van der Waals surface area contributed by atoms with Crippen LogP contribution >= 0.6 is 0 Å². The van der Waals surface area contributed by atoms with Crippen LogP contribution in [0.3, 0.4) is 0 Å². The quantitative estimate of drug-likeness (QED) is 0.787. The fraction of sp³-hybridized carbons (Fsp3) is 0.550. The molecule has 1 fully saturated rings. The molecule has 1 aliphatic heterocycles. The maximum absolute atomic E-state index is 4.96. The summed E-state index contributed by atoms with van der Waals surface area (Å²) in [4.78, 5) is 20.5. The van der Waals surface area contributed by atoms with Crippen LogP contribution in [-0.2, 0) is 19.4 Å². The molecule has 0 aromatic carbocycles. The van der Waals surface area contributed by atoms with E-state index < -0.39 is 0 Å². The van der Waals surface area contributed by atoms with Gasteiger partial charge >= 0.3 is 0 Å². The van der Waals surface area contributed by atoms with Crippen molar-refractivity contribution in [2.45, 2.75) is 65.0 Å². The van der Waals surface area contributed by atoms with Crippen LogP contribution in [0.25, 0.3) is 5.78 Å². The Kier molecular flexibility index (Phi) is 3.81. The van der Waals surface area contributed by atoms with Crippen molar-refractivity contribution in [2.24, 2.45) is 0 Å². The zero-order chi connectivity index (χ0) is 17.7. The smallest absolute Gasteiger partial charge is 0.234 e. The number of nitrogens with one attached hydrogen (secondary N) is 1. The van der Waals surface area contributed by atoms with Gasteiger partial charge in [0.25, 0.3) is 0 Å². The van der Waals surface area contributed by atoms with Crippen LogP contribution < -0.4 is 0 Å². The normalized spacial score (nSPS) is 20.8. The van der Waals surface area contributed by atoms with Crippen molar-refractivity contribution in [3.63, 3.8) is 0 Å². The second-order valence-corrected chi connectivity index (χ2v) is 7.82. The number of aromatic amines is 1. The molecule has 0 bridgehead atoms. The molecule has 0 amide bonds. The summed E-state index contributed by atoms with van der Waals surface area (Å²) < 4.78 is 2.10. The average Bonchev–Trinajstić information content (AvgIpc) is 3.31. The van der Waals surface area contributed by atoms with Gasteiger partial charge in [-0.15, -0.1) is 0 Å². The summed E-state index contributed by atoms with van der Waals surface area (Å²) in [5.74, 6) is 1.98. The molecule has 5 rings (SSSR count). The van der Waals surface area contributed by atoms with E-state index in [0.717, 1.165) is 43.1 Å². The minimum absolute atomic E-state index is 0.390. The second-order valence-electron chi connectivity index (χ2n) is 7.82. The highest BCUT2D eigenvalue weighted by Gasteiger charge is 2.30. The number of aromatic nitrogens is 5. The summed E-state index contributed by atoms with van der Waals surface area (Å²) >= 11 is 0. The first kappa shape index (κ1) is 16.0. The number of nitrogens with zero attached hydrogens (tertiary/aromatic N) is 5. The Bertz CT molecular complexity index is 929. The molecule has 1 N–H and O–H groups in total. The van der Waals surface area contributed by atoms with Gasteiger partial charge in [-0.2, -0.15) is 0 Å². The van der Waals surface area contributed by atoms with Crippen molar-refractivity contribution in [2.75, 3.05) is 6.54 Å². The summed E-state index contributed by atoms with van der Waals surface area (Å²) in [6, 6.07) is 2.49. The first-order chi connectivity index (χ1) is 12.7. The third-order valence-electron chi connectivity index (χ3n) is 5.83. The SMILES string of the molecule is Cc1cc(C)n2cc(CN3CCC[C@H]3c3nc4c([nH]3)CCCC4)nc2n1. The molecule has 3 aromatic heterocycles. The van der Waals surface area contributed by atoms with Crippen LogP contribution in [0.15, 0.2) is 12.3 Å². The van der Waals surface area contributed by atoms with Gasteiger partial charge in [-0.1, -0.05) is 0 Å². The average molecular weight is 350 g/mol. The van der Waals surface area contributed by atoms with Crippen LogP contribution in [0.5, 0.6) is 0 Å². The van der Waals surface area contributed by atoms with Crippen molar-refractivity contribution < 1.29 is 0 Å². The van der Waals surface area contributed by atoms with E-state index in [1.807, 2.05) is 6.92 Å². The maximum atomic E-state index is 4.96. The minimum atomic E-state index is 0.390. The lowest BCUT2D eigenvalue weighted by atomic mass is 10.0. The number of hydrogen-bond donors (Lipinski definition) is 1. The predicted octanol–water partition coefficient (Wildman–Crippen LogP) is 3.29. The Labute approximate surface area is 153 Å². The Morgan fingerprint density at radius 1 is 1.12 bits per heavy atom. The number of aryl methyl sites for hydroxylation is 4. The van der Waals surface area contributed by atoms with Gasteiger partial charge in [0, 0.05) is 29.8 Å². The molecule has 1 aliphatic carbocycles. The fourth-order valence-electron chi connectivity index (χ4n) is 4.56. The molecule has 26 heavy (non-hydrogen) atoms. The first-order valence-electron chi connectivity index (χ1n) is 9.81. The second kappa shape index (κ2) is 6.20. The van der Waals surface area contributed by atoms with E-state index in [1.165, 1.54) is 48.6 Å². The monoisotopic (exact) mass is 350 g/mol. The van der Waals surface area contributed by atoms with E-state index in [-0.39, 0.29) is 0 Å². The third-order valence-corrected chi connectivity index (χ3v) is 5.83. The molecule has 0 radical (unpaired) electrons. The lowest BCUT2D eigenvalue weighted by Gasteiger charge is -2.21. The van der Waals surface area contributed by atoms with E-state index in [1.54, 1.807) is 0 Å². The Morgan fingerprint density at radius 3 is 2.88 bits per heavy atom. The Hall–Kier alpha value is -2.21. The van der Waals surface area contributed by atoms with Crippen molar-refractivity contribution in [1.29, 1.82) is 0 Å². The van der Waals surface area contributed by atoms with E-state index >= 15 is 0 Å². The van der Waals surface area contributed by atoms with Crippen LogP contribution in [-0.4, -0.2) is 35.8 Å². The van der Waals surface area contributed by atoms with Gasteiger partial charge in [0.2, 0.25) is 5.78 Å². The highest BCUT2D eigenvalue weighted by Crippen LogP contribution is 2.33. The fourth-order valence-corrected chi connectivity index (χ4v) is 4.56. The summed E-state index contributed by atoms with van der Waals surface area (Å²) in [7, 11) is 0. The molecule has 1 saturated heterocycles. The van der Waals surface area contributed by atoms with Crippen molar-refractivity contribution in [1.82, 2.24) is 29.2 Å². The number of fused-ring (bicyclic) bond motifs is 2. The lowest BCUT2D eigenvalue weighted by Crippen LogP contribution is -2.23. The molecule has 3 aromatic rings. The predicted molar refractivity (Wildman–Crippen MR) is 100 cm³/mol. The zero-order valence-electron chi connectivity index (χ0n) is 15.6. The summed E-state index contributed by atoms with van der Waals surface area (Å²) in [5.41, 5.74) is 5.98. The number of likely N-dealkylation sites (tertiary alicyclic amines) is 1. The lowest BCUT2D eigenvalue weighted by molar-refractivity contribution is 0.238. The van der Waals surface area contributed by atoms with Crippen molar-refractivity contribution in [3.8, 4) is 0 Å². The van der Waals surface area contributed by atoms with Crippen molar-refractivity contribution in [3.05, 3.63) is 46.6 Å². The summed E-state index contributed by atoms with van der Waals surface area (Å²) in [6.45, 7) is 6.10. The Morgan fingerprint density at radius 2 is 2.00 bits per heavy atom. The zero-order valence-corrected chi connectivity index (χ0v) is 15.6. The Balaban J connectivity index is 1.41. The van der Waals surface area contributed by atoms with Gasteiger partial charge in [0.15, 0.2) is 0 Å². The molecule has 0 saturated carbocycles. The van der Waals surface area contributed by atoms with Gasteiger partial charge in [0.05, 0.1) is 17.4 Å². The molecule has 0 unspecified atom stereocenters. The molecule has 2 aliphatic rings. The van der Waals surface area contributed by atoms with Crippen LogP contribution in [0.4, 0.5) is 0 Å². The third kappa shape index (κ3) is 2.72. The van der Waals surface area contributed by atoms with Crippen LogP contribution in [0.1, 0.15) is 66.0 Å². The van der Waals surface area contributed by atoms with Crippen LogP contribution in [0.2, 0.25) is 0 Å². The van der Waals surface area contributed by atoms with Gasteiger partial charge in [-0.25, -0.2) is 15.0 Å². The molecule has 1 atom stereocenters. The number of rotatable bonds is 3. The molecule has 0 spiro atoms. The number of H-pyrrole nitrogens is 1. The standard InChI is InChI=1S/C20H26N6/c1-13-10-14(2)26-12-15(22-20(26)21-13)11-25-9-5-8-18(25)19-23-16-6-3-4-7-17(16)24-19/h10,12,18H,3-9,11H2,1-2H3,(H,23,24)/t18-/m0/s1.